The number of rotatable bonds is 13. The Balaban J connectivity index is 2.27. The van der Waals surface area contributed by atoms with E-state index in [2.05, 4.69) is 75.8 Å². The summed E-state index contributed by atoms with van der Waals surface area (Å²) in [6.45, 7) is 19.8. The Hall–Kier alpha value is -2.79. The molecule has 196 valence electrons. The maximum atomic E-state index is 13.5. The van der Waals surface area contributed by atoms with Crippen molar-refractivity contribution in [3.8, 4) is 0 Å². The van der Waals surface area contributed by atoms with Crippen molar-refractivity contribution in [3.63, 3.8) is 0 Å². The van der Waals surface area contributed by atoms with Gasteiger partial charge in [-0.1, -0.05) is 46.3 Å². The number of hydrogen-bond acceptors (Lipinski definition) is 4. The van der Waals surface area contributed by atoms with Gasteiger partial charge in [0.2, 0.25) is 0 Å². The lowest BCUT2D eigenvalue weighted by Crippen LogP contribution is -2.29. The van der Waals surface area contributed by atoms with Crippen LogP contribution in [0.1, 0.15) is 81.8 Å². The highest BCUT2D eigenvalue weighted by Gasteiger charge is 2.20. The van der Waals surface area contributed by atoms with E-state index in [-0.39, 0.29) is 5.92 Å². The molecule has 5 heteroatoms. The molecule has 0 fully saturated rings. The predicted octanol–water partition coefficient (Wildman–Crippen LogP) is 7.71. The third-order valence-electron chi connectivity index (χ3n) is 7.13. The lowest BCUT2D eigenvalue weighted by Gasteiger charge is -2.25. The summed E-state index contributed by atoms with van der Waals surface area (Å²) in [6, 6.07) is 8.34. The van der Waals surface area contributed by atoms with Gasteiger partial charge >= 0.3 is 0 Å². The fourth-order valence-corrected chi connectivity index (χ4v) is 4.52. The van der Waals surface area contributed by atoms with E-state index in [0.717, 1.165) is 65.3 Å². The summed E-state index contributed by atoms with van der Waals surface area (Å²) in [4.78, 5) is 9.40. The lowest BCUT2D eigenvalue weighted by molar-refractivity contribution is 0.219. The number of alkyl halides is 1. The van der Waals surface area contributed by atoms with Gasteiger partial charge in [0.1, 0.15) is 6.30 Å². The number of benzene rings is 1. The highest BCUT2D eigenvalue weighted by Crippen LogP contribution is 2.29. The maximum absolute atomic E-state index is 13.5. The number of nitrogens with two attached hydrogens (primary N) is 1. The molecular formula is C31H45FN4. The fraction of sp³-hybridized carbons (Fsp3) is 0.484. The fourth-order valence-electron chi connectivity index (χ4n) is 4.52. The van der Waals surface area contributed by atoms with Crippen LogP contribution in [0.25, 0.3) is 11.8 Å². The molecule has 2 aromatic rings. The van der Waals surface area contributed by atoms with Gasteiger partial charge in [-0.2, -0.15) is 0 Å². The first kappa shape index (κ1) is 29.4. The number of nitrogens with one attached hydrogen (secondary N) is 1. The largest absolute Gasteiger partial charge is 0.385 e. The van der Waals surface area contributed by atoms with Gasteiger partial charge in [-0.05, 0) is 104 Å². The lowest BCUT2D eigenvalue weighted by atomic mass is 9.86. The van der Waals surface area contributed by atoms with E-state index in [9.17, 15) is 4.39 Å². The molecule has 4 nitrogen and oxygen atoms in total. The van der Waals surface area contributed by atoms with Crippen LogP contribution < -0.4 is 11.1 Å². The summed E-state index contributed by atoms with van der Waals surface area (Å²) in [5.74, 6) is 0.545. The normalized spacial score (nSPS) is 14.9. The molecule has 0 aliphatic rings. The van der Waals surface area contributed by atoms with Crippen LogP contribution in [0.2, 0.25) is 0 Å². The molecule has 0 amide bonds. The summed E-state index contributed by atoms with van der Waals surface area (Å²) in [6.07, 6.45) is 6.00. The summed E-state index contributed by atoms with van der Waals surface area (Å²) in [5, 5.41) is 3.50. The van der Waals surface area contributed by atoms with Crippen molar-refractivity contribution in [3.05, 3.63) is 70.6 Å². The summed E-state index contributed by atoms with van der Waals surface area (Å²) in [5.41, 5.74) is 14.9. The second kappa shape index (κ2) is 14.1. The van der Waals surface area contributed by atoms with Crippen molar-refractivity contribution in [1.29, 1.82) is 0 Å². The summed E-state index contributed by atoms with van der Waals surface area (Å²) in [7, 11) is 0. The Morgan fingerprint density at radius 3 is 2.58 bits per heavy atom. The van der Waals surface area contributed by atoms with Gasteiger partial charge in [0.05, 0.1) is 5.69 Å². The first-order chi connectivity index (χ1) is 17.1. The van der Waals surface area contributed by atoms with Crippen LogP contribution in [0.4, 0.5) is 10.1 Å². The van der Waals surface area contributed by atoms with Gasteiger partial charge in [0, 0.05) is 29.8 Å². The SMILES string of the molecule is C=C(NCC(C)C(CCC)CC(N)F)c1cc(CC)c(C)c(/N=C(C)/C(C)=C/c2cccnc2C)c1. The maximum Gasteiger partial charge on any atom is 0.148 e. The predicted molar refractivity (Wildman–Crippen MR) is 154 cm³/mol. The second-order valence-electron chi connectivity index (χ2n) is 9.97. The Bertz CT molecular complexity index is 1080. The van der Waals surface area contributed by atoms with Gasteiger partial charge < -0.3 is 11.1 Å². The Morgan fingerprint density at radius 1 is 1.25 bits per heavy atom. The minimum atomic E-state index is -1.26. The molecule has 1 heterocycles. The molecule has 3 unspecified atom stereocenters. The number of nitrogens with zero attached hydrogens (tertiary/aromatic N) is 2. The van der Waals surface area contributed by atoms with Crippen LogP contribution in [0.3, 0.4) is 0 Å². The Morgan fingerprint density at radius 2 is 1.97 bits per heavy atom. The van der Waals surface area contributed by atoms with Crippen molar-refractivity contribution in [2.24, 2.45) is 22.6 Å². The molecule has 0 radical (unpaired) electrons. The van der Waals surface area contributed by atoms with Crippen LogP contribution in [0.15, 0.2) is 47.6 Å². The van der Waals surface area contributed by atoms with Crippen LogP contribution in [-0.2, 0) is 6.42 Å². The molecule has 36 heavy (non-hydrogen) atoms. The van der Waals surface area contributed by atoms with Crippen molar-refractivity contribution in [1.82, 2.24) is 10.3 Å². The molecule has 0 aliphatic carbocycles. The van der Waals surface area contributed by atoms with Crippen molar-refractivity contribution in [2.75, 3.05) is 6.54 Å². The molecule has 0 aliphatic heterocycles. The number of halogens is 1. The number of pyridine rings is 1. The van der Waals surface area contributed by atoms with Gasteiger partial charge in [0.25, 0.3) is 0 Å². The summed E-state index contributed by atoms with van der Waals surface area (Å²) < 4.78 is 13.5. The zero-order valence-corrected chi connectivity index (χ0v) is 23.3. The average molecular weight is 493 g/mol. The second-order valence-corrected chi connectivity index (χ2v) is 9.97. The van der Waals surface area contributed by atoms with Crippen LogP contribution >= 0.6 is 0 Å². The van der Waals surface area contributed by atoms with E-state index in [1.807, 2.05) is 26.1 Å². The third-order valence-corrected chi connectivity index (χ3v) is 7.13. The van der Waals surface area contributed by atoms with E-state index in [4.69, 9.17) is 10.7 Å². The van der Waals surface area contributed by atoms with Crippen molar-refractivity contribution in [2.45, 2.75) is 80.4 Å². The van der Waals surface area contributed by atoms with Gasteiger partial charge in [-0.15, -0.1) is 0 Å². The number of aliphatic imine (C=N–C) groups is 1. The molecule has 0 saturated heterocycles. The van der Waals surface area contributed by atoms with Gasteiger partial charge in [-0.25, -0.2) is 4.39 Å². The van der Waals surface area contributed by atoms with E-state index in [0.29, 0.717) is 12.3 Å². The highest BCUT2D eigenvalue weighted by molar-refractivity contribution is 6.03. The van der Waals surface area contributed by atoms with E-state index in [1.165, 1.54) is 11.1 Å². The highest BCUT2D eigenvalue weighted by atomic mass is 19.1. The molecular weight excluding hydrogens is 447 g/mol. The van der Waals surface area contributed by atoms with Crippen molar-refractivity contribution < 1.29 is 4.39 Å². The van der Waals surface area contributed by atoms with E-state index < -0.39 is 6.30 Å². The smallest absolute Gasteiger partial charge is 0.148 e. The van der Waals surface area contributed by atoms with Crippen LogP contribution in [-0.4, -0.2) is 23.5 Å². The molecule has 0 saturated carbocycles. The first-order valence-corrected chi connectivity index (χ1v) is 13.2. The van der Waals surface area contributed by atoms with Crippen LogP contribution in [0.5, 0.6) is 0 Å². The van der Waals surface area contributed by atoms with Gasteiger partial charge in [0.15, 0.2) is 0 Å². The average Bonchev–Trinajstić information content (AvgIpc) is 2.84. The molecule has 1 aromatic heterocycles. The number of hydrogen-bond donors (Lipinski definition) is 2. The number of allylic oxidation sites excluding steroid dienone is 1. The number of aromatic nitrogens is 1. The molecule has 2 rings (SSSR count). The standard InChI is InChI=1S/C31H45FN4/c1-9-12-27(18-31(32)33)21(4)19-35-25(8)29-16-26(10-2)22(5)30(17-29)36-23(6)20(3)15-28-13-11-14-34-24(28)7/h11,13-17,21,27,31,35H,8-10,12,18-19,33H2,1-7H3/b20-15+,36-23+. The zero-order valence-electron chi connectivity index (χ0n) is 23.3. The topological polar surface area (TPSA) is 63.3 Å². The monoisotopic (exact) mass is 492 g/mol. The Kier molecular flexibility index (Phi) is 11.5. The molecule has 3 N–H and O–H groups in total. The van der Waals surface area contributed by atoms with E-state index >= 15 is 0 Å². The zero-order chi connectivity index (χ0) is 26.8. The van der Waals surface area contributed by atoms with Gasteiger partial charge in [-0.3, -0.25) is 9.98 Å². The Labute approximate surface area is 218 Å². The summed E-state index contributed by atoms with van der Waals surface area (Å²) >= 11 is 0. The minimum absolute atomic E-state index is 0.251. The molecule has 1 aromatic carbocycles. The quantitative estimate of drug-likeness (QED) is 0.222. The third kappa shape index (κ3) is 8.41. The molecule has 3 atom stereocenters. The van der Waals surface area contributed by atoms with E-state index in [1.54, 1.807) is 0 Å². The minimum Gasteiger partial charge on any atom is -0.385 e. The molecule has 0 spiro atoms. The van der Waals surface area contributed by atoms with Crippen molar-refractivity contribution >= 4 is 23.2 Å². The number of aryl methyl sites for hydroxylation is 2. The van der Waals surface area contributed by atoms with Crippen LogP contribution in [0, 0.1) is 25.7 Å². The first-order valence-electron chi connectivity index (χ1n) is 13.2. The molecule has 0 bridgehead atoms.